The minimum atomic E-state index is -0.121. The van der Waals surface area contributed by atoms with Crippen molar-refractivity contribution in [3.8, 4) is 11.5 Å². The fourth-order valence-electron chi connectivity index (χ4n) is 0.815. The second-order valence-corrected chi connectivity index (χ2v) is 2.73. The molecule has 1 rings (SSSR count). The lowest BCUT2D eigenvalue weighted by atomic mass is 10.4. The summed E-state index contributed by atoms with van der Waals surface area (Å²) >= 11 is 7.90. The van der Waals surface area contributed by atoms with Crippen molar-refractivity contribution < 1.29 is 10.2 Å². The molecule has 0 fully saturated rings. The number of thiol groups is 2. The Balaban J connectivity index is 3.12. The van der Waals surface area contributed by atoms with Gasteiger partial charge in [-0.3, -0.25) is 0 Å². The lowest BCUT2D eigenvalue weighted by Gasteiger charge is -1.90. The summed E-state index contributed by atoms with van der Waals surface area (Å²) < 4.78 is 0. The zero-order valence-electron chi connectivity index (χ0n) is 5.70. The van der Waals surface area contributed by atoms with Gasteiger partial charge in [-0.1, -0.05) is 0 Å². The number of aromatic hydroxyl groups is 2. The molecule has 0 aliphatic rings. The van der Waals surface area contributed by atoms with E-state index in [4.69, 9.17) is 0 Å². The van der Waals surface area contributed by atoms with Crippen molar-refractivity contribution in [2.45, 2.75) is 11.5 Å². The third kappa shape index (κ3) is 1.44. The standard InChI is InChI=1S/C6H9NO2S2/c8-5-3(1-10)7-4(2-11)6(5)9/h7-11H,1-2H2. The topological polar surface area (TPSA) is 56.2 Å². The maximum Gasteiger partial charge on any atom is 0.179 e. The molecule has 0 aliphatic carbocycles. The molecule has 0 unspecified atom stereocenters. The molecule has 3 N–H and O–H groups in total. The van der Waals surface area contributed by atoms with Crippen LogP contribution in [0.2, 0.25) is 0 Å². The van der Waals surface area contributed by atoms with Gasteiger partial charge in [0.1, 0.15) is 0 Å². The highest BCUT2D eigenvalue weighted by atomic mass is 32.1. The van der Waals surface area contributed by atoms with E-state index in [0.29, 0.717) is 22.9 Å². The minimum absolute atomic E-state index is 0.121. The highest BCUT2D eigenvalue weighted by Crippen LogP contribution is 2.34. The Bertz CT molecular complexity index is 235. The van der Waals surface area contributed by atoms with Gasteiger partial charge < -0.3 is 15.2 Å². The van der Waals surface area contributed by atoms with Crippen molar-refractivity contribution >= 4 is 25.3 Å². The molecule has 1 aromatic rings. The van der Waals surface area contributed by atoms with E-state index < -0.39 is 0 Å². The molecule has 0 bridgehead atoms. The first-order valence-electron chi connectivity index (χ1n) is 3.04. The van der Waals surface area contributed by atoms with Gasteiger partial charge in [-0.15, -0.1) is 0 Å². The fourth-order valence-corrected chi connectivity index (χ4v) is 1.27. The SMILES string of the molecule is Oc1c(CS)[nH]c(CS)c1O. The van der Waals surface area contributed by atoms with Crippen LogP contribution in [0.4, 0.5) is 0 Å². The largest absolute Gasteiger partial charge is 0.503 e. The Hall–Kier alpha value is -0.420. The minimum Gasteiger partial charge on any atom is -0.503 e. The molecule has 0 saturated carbocycles. The molecule has 0 radical (unpaired) electrons. The molecule has 0 atom stereocenters. The molecule has 5 heteroatoms. The van der Waals surface area contributed by atoms with Gasteiger partial charge in [-0.2, -0.15) is 25.3 Å². The molecule has 3 nitrogen and oxygen atoms in total. The van der Waals surface area contributed by atoms with Gasteiger partial charge in [0.15, 0.2) is 11.5 Å². The summed E-state index contributed by atoms with van der Waals surface area (Å²) in [5, 5.41) is 18.4. The summed E-state index contributed by atoms with van der Waals surface area (Å²) in [6, 6.07) is 0. The molecule has 0 amide bonds. The van der Waals surface area contributed by atoms with E-state index in [1.165, 1.54) is 0 Å². The van der Waals surface area contributed by atoms with Gasteiger partial charge in [0.25, 0.3) is 0 Å². The Labute approximate surface area is 75.3 Å². The Morgan fingerprint density at radius 2 is 1.36 bits per heavy atom. The summed E-state index contributed by atoms with van der Waals surface area (Å²) in [6.45, 7) is 0. The van der Waals surface area contributed by atoms with Crippen LogP contribution in [0.3, 0.4) is 0 Å². The van der Waals surface area contributed by atoms with Crippen LogP contribution in [-0.4, -0.2) is 15.2 Å². The molecular weight excluding hydrogens is 182 g/mol. The lowest BCUT2D eigenvalue weighted by Crippen LogP contribution is -1.79. The molecule has 0 aliphatic heterocycles. The first-order valence-corrected chi connectivity index (χ1v) is 4.30. The van der Waals surface area contributed by atoms with Crippen molar-refractivity contribution in [1.82, 2.24) is 4.98 Å². The number of hydrogen-bond donors (Lipinski definition) is 5. The zero-order chi connectivity index (χ0) is 8.43. The average Bonchev–Trinajstić information content (AvgIpc) is 2.30. The van der Waals surface area contributed by atoms with Crippen molar-refractivity contribution in [2.75, 3.05) is 0 Å². The number of rotatable bonds is 2. The van der Waals surface area contributed by atoms with Gasteiger partial charge in [-0.05, 0) is 0 Å². The number of nitrogens with one attached hydrogen (secondary N) is 1. The van der Waals surface area contributed by atoms with E-state index >= 15 is 0 Å². The number of aromatic amines is 1. The number of hydrogen-bond acceptors (Lipinski definition) is 4. The third-order valence-corrected chi connectivity index (χ3v) is 2.05. The molecule has 0 saturated heterocycles. The van der Waals surface area contributed by atoms with E-state index in [9.17, 15) is 10.2 Å². The quantitative estimate of drug-likeness (QED) is 0.457. The molecule has 0 spiro atoms. The number of H-pyrrole nitrogens is 1. The summed E-state index contributed by atoms with van der Waals surface area (Å²) in [6.07, 6.45) is 0. The van der Waals surface area contributed by atoms with Crippen molar-refractivity contribution in [2.24, 2.45) is 0 Å². The summed E-state index contributed by atoms with van der Waals surface area (Å²) in [7, 11) is 0. The van der Waals surface area contributed by atoms with Crippen LogP contribution in [0.25, 0.3) is 0 Å². The van der Waals surface area contributed by atoms with Crippen molar-refractivity contribution in [3.63, 3.8) is 0 Å². The van der Waals surface area contributed by atoms with Crippen LogP contribution >= 0.6 is 25.3 Å². The second kappa shape index (κ2) is 3.32. The van der Waals surface area contributed by atoms with Crippen LogP contribution in [0.1, 0.15) is 11.4 Å². The number of aromatic nitrogens is 1. The van der Waals surface area contributed by atoms with Gasteiger partial charge >= 0.3 is 0 Å². The summed E-state index contributed by atoms with van der Waals surface area (Å²) in [5.74, 6) is 0.494. The maximum atomic E-state index is 9.19. The Kier molecular flexibility index (Phi) is 2.62. The highest BCUT2D eigenvalue weighted by molar-refractivity contribution is 7.79. The van der Waals surface area contributed by atoms with Gasteiger partial charge in [0.05, 0.1) is 11.4 Å². The molecular formula is C6H9NO2S2. The van der Waals surface area contributed by atoms with Crippen LogP contribution in [0, 0.1) is 0 Å². The Morgan fingerprint density at radius 1 is 1.00 bits per heavy atom. The van der Waals surface area contributed by atoms with E-state index in [1.54, 1.807) is 0 Å². The van der Waals surface area contributed by atoms with E-state index in [0.717, 1.165) is 0 Å². The van der Waals surface area contributed by atoms with Gasteiger partial charge in [0.2, 0.25) is 0 Å². The Morgan fingerprint density at radius 3 is 1.55 bits per heavy atom. The summed E-state index contributed by atoms with van der Waals surface area (Å²) in [5.41, 5.74) is 1.05. The average molecular weight is 191 g/mol. The first-order chi connectivity index (χ1) is 5.20. The predicted octanol–water partition coefficient (Wildman–Crippen LogP) is 1.29. The van der Waals surface area contributed by atoms with Crippen LogP contribution in [-0.2, 0) is 11.5 Å². The monoisotopic (exact) mass is 191 g/mol. The third-order valence-electron chi connectivity index (χ3n) is 1.41. The van der Waals surface area contributed by atoms with Gasteiger partial charge in [0, 0.05) is 11.5 Å². The fraction of sp³-hybridized carbons (Fsp3) is 0.333. The zero-order valence-corrected chi connectivity index (χ0v) is 7.49. The molecule has 1 aromatic heterocycles. The highest BCUT2D eigenvalue weighted by Gasteiger charge is 2.12. The second-order valence-electron chi connectivity index (χ2n) is 2.10. The van der Waals surface area contributed by atoms with Gasteiger partial charge in [-0.25, -0.2) is 0 Å². The van der Waals surface area contributed by atoms with Crippen LogP contribution < -0.4 is 0 Å². The molecule has 11 heavy (non-hydrogen) atoms. The smallest absolute Gasteiger partial charge is 0.179 e. The van der Waals surface area contributed by atoms with E-state index in [1.807, 2.05) is 0 Å². The van der Waals surface area contributed by atoms with E-state index in [-0.39, 0.29) is 11.5 Å². The van der Waals surface area contributed by atoms with E-state index in [2.05, 4.69) is 30.2 Å². The molecule has 0 aromatic carbocycles. The van der Waals surface area contributed by atoms with Crippen molar-refractivity contribution in [3.05, 3.63) is 11.4 Å². The van der Waals surface area contributed by atoms with Crippen LogP contribution in [0.15, 0.2) is 0 Å². The lowest BCUT2D eigenvalue weighted by molar-refractivity contribution is 0.403. The maximum absolute atomic E-state index is 9.19. The predicted molar refractivity (Wildman–Crippen MR) is 49.5 cm³/mol. The molecule has 1 heterocycles. The van der Waals surface area contributed by atoms with Crippen molar-refractivity contribution in [1.29, 1.82) is 0 Å². The molecule has 62 valence electrons. The van der Waals surface area contributed by atoms with Crippen LogP contribution in [0.5, 0.6) is 11.5 Å². The summed E-state index contributed by atoms with van der Waals surface area (Å²) in [4.78, 5) is 2.80. The first kappa shape index (κ1) is 8.67. The normalized spacial score (nSPS) is 10.4.